The number of hydrogen-bond acceptors (Lipinski definition) is 6. The molecule has 1 aliphatic rings. The summed E-state index contributed by atoms with van der Waals surface area (Å²) in [5, 5.41) is 17.6. The number of hydrogen-bond donors (Lipinski definition) is 1. The molecular weight excluding hydrogens is 376 g/mol. The summed E-state index contributed by atoms with van der Waals surface area (Å²) < 4.78 is 26.4. The van der Waals surface area contributed by atoms with Gasteiger partial charge in [-0.2, -0.15) is 5.26 Å². The van der Waals surface area contributed by atoms with Gasteiger partial charge >= 0.3 is 0 Å². The number of fused-ring (bicyclic) bond motifs is 1. The Kier molecular flexibility index (Phi) is 5.10. The highest BCUT2D eigenvalue weighted by atomic mass is 35.5. The van der Waals surface area contributed by atoms with Crippen molar-refractivity contribution in [1.82, 2.24) is 18.9 Å². The topological polar surface area (TPSA) is 103 Å². The summed E-state index contributed by atoms with van der Waals surface area (Å²) in [6, 6.07) is 2.24. The highest BCUT2D eigenvalue weighted by Gasteiger charge is 2.26. The molecule has 140 valence electrons. The van der Waals surface area contributed by atoms with Gasteiger partial charge in [0.2, 0.25) is 16.0 Å². The van der Waals surface area contributed by atoms with E-state index >= 15 is 0 Å². The quantitative estimate of drug-likeness (QED) is 0.849. The van der Waals surface area contributed by atoms with E-state index in [4.69, 9.17) is 11.6 Å². The van der Waals surface area contributed by atoms with Crippen LogP contribution in [0.25, 0.3) is 5.52 Å². The van der Waals surface area contributed by atoms with Gasteiger partial charge in [-0.1, -0.05) is 25.4 Å². The number of halogens is 1. The lowest BCUT2D eigenvalue weighted by Gasteiger charge is -2.30. The molecule has 0 radical (unpaired) electrons. The Morgan fingerprint density at radius 1 is 1.38 bits per heavy atom. The molecule has 26 heavy (non-hydrogen) atoms. The molecule has 1 aliphatic heterocycles. The summed E-state index contributed by atoms with van der Waals surface area (Å²) in [7, 11) is -3.15. The van der Waals surface area contributed by atoms with E-state index in [1.807, 2.05) is 13.8 Å². The molecule has 0 spiro atoms. The summed E-state index contributed by atoms with van der Waals surface area (Å²) in [4.78, 5) is 4.31. The minimum Gasteiger partial charge on any atom is -0.350 e. The molecule has 0 aliphatic carbocycles. The normalized spacial score (nSPS) is 16.9. The summed E-state index contributed by atoms with van der Waals surface area (Å²) in [6.07, 6.45) is 4.20. The van der Waals surface area contributed by atoms with Gasteiger partial charge in [0.25, 0.3) is 0 Å². The van der Waals surface area contributed by atoms with Crippen molar-refractivity contribution < 1.29 is 8.42 Å². The van der Waals surface area contributed by atoms with Crippen molar-refractivity contribution in [2.75, 3.05) is 24.7 Å². The van der Waals surface area contributed by atoms with Crippen LogP contribution in [0.2, 0.25) is 5.02 Å². The Morgan fingerprint density at radius 2 is 2.04 bits per heavy atom. The molecule has 1 saturated heterocycles. The molecule has 0 aromatic carbocycles. The zero-order valence-electron chi connectivity index (χ0n) is 14.9. The van der Waals surface area contributed by atoms with Gasteiger partial charge < -0.3 is 5.32 Å². The molecule has 1 N–H and O–H groups in total. The van der Waals surface area contributed by atoms with Crippen molar-refractivity contribution >= 4 is 33.1 Å². The molecule has 2 aromatic rings. The van der Waals surface area contributed by atoms with Gasteiger partial charge in [-0.15, -0.1) is 5.10 Å². The average Bonchev–Trinajstić information content (AvgIpc) is 2.86. The molecule has 3 rings (SSSR count). The number of nitrogens with one attached hydrogen (secondary N) is 1. The summed E-state index contributed by atoms with van der Waals surface area (Å²) in [6.45, 7) is 4.91. The van der Waals surface area contributed by atoms with E-state index in [9.17, 15) is 13.7 Å². The molecule has 0 atom stereocenters. The maximum absolute atomic E-state index is 11.6. The van der Waals surface area contributed by atoms with Gasteiger partial charge in [0.1, 0.15) is 11.6 Å². The second-order valence-electron chi connectivity index (χ2n) is 6.80. The Morgan fingerprint density at radius 3 is 2.58 bits per heavy atom. The van der Waals surface area contributed by atoms with Gasteiger partial charge in [0.15, 0.2) is 0 Å². The van der Waals surface area contributed by atoms with Crippen molar-refractivity contribution in [2.24, 2.45) is 0 Å². The third kappa shape index (κ3) is 3.49. The van der Waals surface area contributed by atoms with Gasteiger partial charge in [-0.05, 0) is 18.8 Å². The zero-order chi connectivity index (χ0) is 19.1. The van der Waals surface area contributed by atoms with Crippen LogP contribution >= 0.6 is 11.6 Å². The Balaban J connectivity index is 1.84. The molecule has 1 fully saturated rings. The van der Waals surface area contributed by atoms with Crippen molar-refractivity contribution in [3.63, 3.8) is 0 Å². The van der Waals surface area contributed by atoms with E-state index in [1.54, 1.807) is 10.7 Å². The third-order valence-corrected chi connectivity index (χ3v) is 6.26. The van der Waals surface area contributed by atoms with Crippen molar-refractivity contribution in [2.45, 2.75) is 38.6 Å². The second kappa shape index (κ2) is 7.02. The van der Waals surface area contributed by atoms with Crippen molar-refractivity contribution in [3.8, 4) is 6.07 Å². The molecule has 0 unspecified atom stereocenters. The van der Waals surface area contributed by atoms with E-state index in [2.05, 4.69) is 21.5 Å². The first-order valence-electron chi connectivity index (χ1n) is 8.41. The maximum Gasteiger partial charge on any atom is 0.241 e. The predicted molar refractivity (Wildman–Crippen MR) is 99.9 cm³/mol. The van der Waals surface area contributed by atoms with Crippen LogP contribution in [0.3, 0.4) is 0 Å². The van der Waals surface area contributed by atoms with Crippen molar-refractivity contribution in [1.29, 1.82) is 5.26 Å². The fourth-order valence-electron chi connectivity index (χ4n) is 3.25. The monoisotopic (exact) mass is 396 g/mol. The third-order valence-electron chi connectivity index (χ3n) is 4.58. The number of nitrogens with zero attached hydrogens (tertiary/aromatic N) is 5. The standard InChI is InChI=1S/C16H21ClN6O2S/c1-10(2)15-12(8-18)14(17)13-9-19-16(21-23(13)15)20-11-4-6-22(7-5-11)26(3,24)25/h9-11H,4-7H2,1-3H3,(H,20,21). The minimum absolute atomic E-state index is 0.0744. The van der Waals surface area contributed by atoms with Crippen LogP contribution in [-0.4, -0.2) is 52.7 Å². The zero-order valence-corrected chi connectivity index (χ0v) is 16.5. The van der Waals surface area contributed by atoms with Crippen LogP contribution < -0.4 is 5.32 Å². The minimum atomic E-state index is -3.15. The molecule has 8 nitrogen and oxygen atoms in total. The van der Waals surface area contributed by atoms with Crippen LogP contribution in [0.15, 0.2) is 6.20 Å². The van der Waals surface area contributed by atoms with E-state index in [0.29, 0.717) is 48.0 Å². The predicted octanol–water partition coefficient (Wildman–Crippen LogP) is 2.21. The lowest BCUT2D eigenvalue weighted by Crippen LogP contribution is -2.42. The average molecular weight is 397 g/mol. The molecule has 0 amide bonds. The first-order chi connectivity index (χ1) is 12.2. The van der Waals surface area contributed by atoms with Crippen LogP contribution in [0.5, 0.6) is 0 Å². The van der Waals surface area contributed by atoms with Crippen LogP contribution in [0, 0.1) is 11.3 Å². The Labute approximate surface area is 157 Å². The SMILES string of the molecule is CC(C)c1c(C#N)c(Cl)c2cnc(NC3CCN(S(C)(=O)=O)CC3)nn12. The maximum atomic E-state index is 11.6. The molecular formula is C16H21ClN6O2S. The summed E-state index contributed by atoms with van der Waals surface area (Å²) >= 11 is 6.30. The van der Waals surface area contributed by atoms with Crippen LogP contribution in [-0.2, 0) is 10.0 Å². The summed E-state index contributed by atoms with van der Waals surface area (Å²) in [5.74, 6) is 0.513. The highest BCUT2D eigenvalue weighted by molar-refractivity contribution is 7.88. The van der Waals surface area contributed by atoms with Crippen LogP contribution in [0.1, 0.15) is 43.9 Å². The molecule has 0 saturated carbocycles. The van der Waals surface area contributed by atoms with Gasteiger partial charge in [-0.25, -0.2) is 22.2 Å². The molecule has 0 bridgehead atoms. The Bertz CT molecular complexity index is 971. The van der Waals surface area contributed by atoms with Crippen LogP contribution in [0.4, 0.5) is 5.95 Å². The van der Waals surface area contributed by atoms with Gasteiger partial charge in [0, 0.05) is 19.1 Å². The number of rotatable bonds is 4. The number of sulfonamides is 1. The molecule has 2 aromatic heterocycles. The van der Waals surface area contributed by atoms with E-state index < -0.39 is 10.0 Å². The lowest BCUT2D eigenvalue weighted by atomic mass is 10.1. The highest BCUT2D eigenvalue weighted by Crippen LogP contribution is 2.31. The fourth-order valence-corrected chi connectivity index (χ4v) is 4.39. The number of nitriles is 1. The summed E-state index contributed by atoms with van der Waals surface area (Å²) in [5.41, 5.74) is 1.78. The number of piperidine rings is 1. The first-order valence-corrected chi connectivity index (χ1v) is 10.6. The van der Waals surface area contributed by atoms with E-state index in [1.165, 1.54) is 10.6 Å². The first kappa shape index (κ1) is 18.9. The second-order valence-corrected chi connectivity index (χ2v) is 9.16. The van der Waals surface area contributed by atoms with Crippen molar-refractivity contribution in [3.05, 3.63) is 22.5 Å². The molecule has 3 heterocycles. The largest absolute Gasteiger partial charge is 0.350 e. The molecule has 10 heteroatoms. The Hall–Kier alpha value is -1.89. The number of anilines is 1. The lowest BCUT2D eigenvalue weighted by molar-refractivity contribution is 0.331. The van der Waals surface area contributed by atoms with E-state index in [0.717, 1.165) is 5.69 Å². The fraction of sp³-hybridized carbons (Fsp3) is 0.562. The van der Waals surface area contributed by atoms with E-state index in [-0.39, 0.29) is 12.0 Å². The van der Waals surface area contributed by atoms with Gasteiger partial charge in [-0.3, -0.25) is 0 Å². The number of aromatic nitrogens is 3. The van der Waals surface area contributed by atoms with Gasteiger partial charge in [0.05, 0.1) is 28.7 Å². The smallest absolute Gasteiger partial charge is 0.241 e.